The second kappa shape index (κ2) is 8.99. The minimum absolute atomic E-state index is 0.0926. The number of amides is 1. The average molecular weight is 445 g/mol. The molecule has 4 rings (SSSR count). The van der Waals surface area contributed by atoms with Crippen molar-refractivity contribution in [2.75, 3.05) is 11.4 Å². The Hall–Kier alpha value is -3.03. The van der Waals surface area contributed by atoms with Gasteiger partial charge in [0.2, 0.25) is 0 Å². The van der Waals surface area contributed by atoms with Gasteiger partial charge in [0, 0.05) is 30.5 Å². The first-order chi connectivity index (χ1) is 14.9. The average Bonchev–Trinajstić information content (AvgIpc) is 2.75. The Balaban J connectivity index is 1.47. The molecule has 2 atom stereocenters. The number of carbonyl (C=O) groups excluding carboxylic acids is 1. The van der Waals surface area contributed by atoms with Crippen LogP contribution in [0, 0.1) is 11.6 Å². The second-order valence-corrected chi connectivity index (χ2v) is 7.63. The van der Waals surface area contributed by atoms with Crippen molar-refractivity contribution in [3.63, 3.8) is 0 Å². The number of rotatable bonds is 5. The van der Waals surface area contributed by atoms with Gasteiger partial charge in [-0.15, -0.1) is 0 Å². The van der Waals surface area contributed by atoms with Crippen molar-refractivity contribution in [3.8, 4) is 11.3 Å². The minimum atomic E-state index is -1.08. The number of benzene rings is 2. The summed E-state index contributed by atoms with van der Waals surface area (Å²) >= 11 is 6.25. The summed E-state index contributed by atoms with van der Waals surface area (Å²) in [6.45, 7) is 0.310. The first-order valence-corrected chi connectivity index (χ1v) is 10.1. The third-order valence-electron chi connectivity index (χ3n) is 5.14. The molecule has 1 aromatic heterocycles. The van der Waals surface area contributed by atoms with Crippen molar-refractivity contribution in [1.82, 2.24) is 4.98 Å². The maximum absolute atomic E-state index is 13.9. The number of aromatic nitrogens is 1. The van der Waals surface area contributed by atoms with Gasteiger partial charge >= 0.3 is 6.09 Å². The molecule has 0 radical (unpaired) electrons. The largest absolute Gasteiger partial charge is 0.446 e. The first kappa shape index (κ1) is 21.2. The molecule has 1 saturated heterocycles. The van der Waals surface area contributed by atoms with Crippen LogP contribution >= 0.6 is 11.6 Å². The van der Waals surface area contributed by atoms with Gasteiger partial charge in [-0.25, -0.2) is 18.6 Å². The molecule has 2 unspecified atom stereocenters. The van der Waals surface area contributed by atoms with Crippen molar-refractivity contribution < 1.29 is 23.4 Å². The maximum Gasteiger partial charge on any atom is 0.415 e. The molecule has 2 aromatic carbocycles. The number of ether oxygens (including phenoxy) is 1. The Morgan fingerprint density at radius 1 is 1.13 bits per heavy atom. The van der Waals surface area contributed by atoms with E-state index in [1.807, 2.05) is 0 Å². The summed E-state index contributed by atoms with van der Waals surface area (Å²) in [5, 5.41) is 10.7. The quantitative estimate of drug-likeness (QED) is 0.563. The third kappa shape index (κ3) is 4.68. The normalized spacial score (nSPS) is 17.4. The van der Waals surface area contributed by atoms with E-state index in [-0.39, 0.29) is 17.8 Å². The van der Waals surface area contributed by atoms with Crippen LogP contribution in [0.1, 0.15) is 24.5 Å². The summed E-state index contributed by atoms with van der Waals surface area (Å²) in [4.78, 5) is 18.4. The number of aliphatic hydroxyl groups is 1. The molecule has 2 heterocycles. The third-order valence-corrected chi connectivity index (χ3v) is 5.44. The number of carbonyl (C=O) groups is 1. The predicted molar refractivity (Wildman–Crippen MR) is 113 cm³/mol. The van der Waals surface area contributed by atoms with Crippen LogP contribution in [0.4, 0.5) is 19.4 Å². The number of anilines is 1. The number of cyclic esters (lactones) is 1. The molecule has 0 aliphatic carbocycles. The van der Waals surface area contributed by atoms with E-state index in [2.05, 4.69) is 4.98 Å². The zero-order valence-electron chi connectivity index (χ0n) is 16.3. The molecule has 0 saturated carbocycles. The Kier molecular flexibility index (Phi) is 6.15. The molecular weight excluding hydrogens is 426 g/mol. The van der Waals surface area contributed by atoms with E-state index in [1.165, 1.54) is 29.2 Å². The lowest BCUT2D eigenvalue weighted by molar-refractivity contribution is 0.0414. The fourth-order valence-corrected chi connectivity index (χ4v) is 3.73. The van der Waals surface area contributed by atoms with Crippen LogP contribution in [0.25, 0.3) is 11.3 Å². The molecule has 3 aromatic rings. The summed E-state index contributed by atoms with van der Waals surface area (Å²) in [5.41, 5.74) is 1.21. The number of pyridine rings is 1. The summed E-state index contributed by atoms with van der Waals surface area (Å²) in [5.74, 6) is -0.529. The summed E-state index contributed by atoms with van der Waals surface area (Å²) in [7, 11) is 0. The molecule has 0 spiro atoms. The van der Waals surface area contributed by atoms with Gasteiger partial charge in [-0.05, 0) is 42.5 Å². The first-order valence-electron chi connectivity index (χ1n) is 9.75. The predicted octanol–water partition coefficient (Wildman–Crippen LogP) is 5.52. The van der Waals surface area contributed by atoms with Gasteiger partial charge in [0.25, 0.3) is 0 Å². The smallest absolute Gasteiger partial charge is 0.415 e. The highest BCUT2D eigenvalue weighted by Crippen LogP contribution is 2.31. The number of hydrogen-bond acceptors (Lipinski definition) is 4. The second-order valence-electron chi connectivity index (χ2n) is 7.23. The van der Waals surface area contributed by atoms with Gasteiger partial charge in [0.05, 0.1) is 16.8 Å². The monoisotopic (exact) mass is 444 g/mol. The molecule has 31 heavy (non-hydrogen) atoms. The molecule has 0 bridgehead atoms. The number of nitrogens with zero attached hydrogens (tertiary/aromatic N) is 2. The number of hydrogen-bond donors (Lipinski definition) is 1. The van der Waals surface area contributed by atoms with Crippen LogP contribution in [-0.2, 0) is 4.74 Å². The van der Waals surface area contributed by atoms with E-state index >= 15 is 0 Å². The fourth-order valence-electron chi connectivity index (χ4n) is 3.52. The van der Waals surface area contributed by atoms with Gasteiger partial charge < -0.3 is 9.84 Å². The Morgan fingerprint density at radius 2 is 1.87 bits per heavy atom. The summed E-state index contributed by atoms with van der Waals surface area (Å²) in [6.07, 6.45) is -1.72. The number of aliphatic hydroxyl groups excluding tert-OH is 1. The number of halogens is 3. The zero-order chi connectivity index (χ0) is 22.0. The topological polar surface area (TPSA) is 62.7 Å². The highest BCUT2D eigenvalue weighted by atomic mass is 35.5. The molecule has 5 nitrogen and oxygen atoms in total. The Bertz CT molecular complexity index is 1090. The van der Waals surface area contributed by atoms with E-state index in [0.717, 1.165) is 0 Å². The Morgan fingerprint density at radius 3 is 2.58 bits per heavy atom. The van der Waals surface area contributed by atoms with E-state index in [9.17, 15) is 18.7 Å². The highest BCUT2D eigenvalue weighted by molar-refractivity contribution is 6.33. The molecule has 1 aliphatic heterocycles. The van der Waals surface area contributed by atoms with E-state index in [1.54, 1.807) is 36.4 Å². The van der Waals surface area contributed by atoms with Crippen LogP contribution in [0.15, 0.2) is 60.7 Å². The SMILES string of the molecule is O=C1OC(CC(O)c2ccccc2F)CCN1c1ccc(Cl)c(-c2ccc(F)cc2)n1. The molecule has 8 heteroatoms. The molecule has 1 fully saturated rings. The Labute approximate surface area is 182 Å². The lowest BCUT2D eigenvalue weighted by Gasteiger charge is -2.32. The van der Waals surface area contributed by atoms with E-state index in [0.29, 0.717) is 35.1 Å². The summed E-state index contributed by atoms with van der Waals surface area (Å²) in [6, 6.07) is 14.9. The standard InChI is InChI=1S/C23H19ClF2N2O3/c24-18-9-10-21(27-22(18)14-5-7-15(25)8-6-14)28-12-11-16(31-23(28)30)13-20(29)17-3-1-2-4-19(17)26/h1-10,16,20,29H,11-13H2. The van der Waals surface area contributed by atoms with Crippen LogP contribution in [0.3, 0.4) is 0 Å². The van der Waals surface area contributed by atoms with Crippen molar-refractivity contribution in [2.24, 2.45) is 0 Å². The lowest BCUT2D eigenvalue weighted by Crippen LogP contribution is -2.43. The van der Waals surface area contributed by atoms with Gasteiger partial charge in [-0.2, -0.15) is 0 Å². The van der Waals surface area contributed by atoms with Crippen LogP contribution < -0.4 is 4.90 Å². The van der Waals surface area contributed by atoms with Crippen molar-refractivity contribution in [3.05, 3.63) is 82.9 Å². The van der Waals surface area contributed by atoms with E-state index in [4.69, 9.17) is 16.3 Å². The maximum atomic E-state index is 13.9. The molecule has 160 valence electrons. The highest BCUT2D eigenvalue weighted by Gasteiger charge is 2.31. The van der Waals surface area contributed by atoms with Crippen LogP contribution in [-0.4, -0.2) is 28.8 Å². The molecular formula is C23H19ClF2N2O3. The van der Waals surface area contributed by atoms with Gasteiger partial charge in [-0.1, -0.05) is 29.8 Å². The van der Waals surface area contributed by atoms with Crippen molar-refractivity contribution in [2.45, 2.75) is 25.0 Å². The minimum Gasteiger partial charge on any atom is -0.446 e. The van der Waals surface area contributed by atoms with Gasteiger partial charge in [-0.3, -0.25) is 4.90 Å². The van der Waals surface area contributed by atoms with Gasteiger partial charge in [0.1, 0.15) is 23.6 Å². The van der Waals surface area contributed by atoms with E-state index < -0.39 is 24.1 Å². The molecule has 1 amide bonds. The van der Waals surface area contributed by atoms with Crippen LogP contribution in [0.5, 0.6) is 0 Å². The van der Waals surface area contributed by atoms with Crippen molar-refractivity contribution >= 4 is 23.5 Å². The van der Waals surface area contributed by atoms with Crippen LogP contribution in [0.2, 0.25) is 5.02 Å². The lowest BCUT2D eigenvalue weighted by atomic mass is 10.0. The van der Waals surface area contributed by atoms with Crippen molar-refractivity contribution in [1.29, 1.82) is 0 Å². The fraction of sp³-hybridized carbons (Fsp3) is 0.217. The summed E-state index contributed by atoms with van der Waals surface area (Å²) < 4.78 is 32.6. The molecule has 1 N–H and O–H groups in total. The molecule has 1 aliphatic rings. The van der Waals surface area contributed by atoms with Gasteiger partial charge in [0.15, 0.2) is 0 Å². The zero-order valence-corrected chi connectivity index (χ0v) is 17.1.